The van der Waals surface area contributed by atoms with Crippen LogP contribution in [0.25, 0.3) is 0 Å². The van der Waals surface area contributed by atoms with E-state index >= 15 is 0 Å². The van der Waals surface area contributed by atoms with Gasteiger partial charge in [0.25, 0.3) is 5.56 Å². The number of aromatic nitrogens is 2. The molecule has 1 aromatic heterocycles. The molecular formula is C5H7N5O. The Morgan fingerprint density at radius 1 is 1.55 bits per heavy atom. The van der Waals surface area contributed by atoms with E-state index in [-0.39, 0.29) is 17.5 Å². The Labute approximate surface area is 62.0 Å². The third-order valence-corrected chi connectivity index (χ3v) is 1.10. The second-order valence-corrected chi connectivity index (χ2v) is 1.85. The molecule has 0 saturated heterocycles. The quantitative estimate of drug-likeness (QED) is 0.461. The summed E-state index contributed by atoms with van der Waals surface area (Å²) in [6.45, 7) is 3.17. The molecule has 0 spiro atoms. The van der Waals surface area contributed by atoms with Gasteiger partial charge in [-0.1, -0.05) is 0 Å². The first-order valence-corrected chi connectivity index (χ1v) is 2.77. The van der Waals surface area contributed by atoms with Gasteiger partial charge in [0, 0.05) is 0 Å². The SMILES string of the molecule is C=Nc1nc(N)[nH]c(=O)c1N. The number of hydrogen-bond acceptors (Lipinski definition) is 5. The Morgan fingerprint density at radius 3 is 2.73 bits per heavy atom. The average Bonchev–Trinajstić information content (AvgIpc) is 1.96. The van der Waals surface area contributed by atoms with E-state index in [2.05, 4.69) is 21.7 Å². The molecule has 0 radical (unpaired) electrons. The molecule has 5 N–H and O–H groups in total. The van der Waals surface area contributed by atoms with Crippen LogP contribution in [0.3, 0.4) is 0 Å². The maximum absolute atomic E-state index is 10.8. The molecule has 0 fully saturated rings. The number of anilines is 2. The molecule has 6 heteroatoms. The van der Waals surface area contributed by atoms with Crippen molar-refractivity contribution in [3.8, 4) is 0 Å². The van der Waals surface area contributed by atoms with Crippen molar-refractivity contribution in [2.75, 3.05) is 11.5 Å². The molecule has 0 aromatic carbocycles. The number of nitrogens with zero attached hydrogens (tertiary/aromatic N) is 2. The Bertz CT molecular complexity index is 341. The summed E-state index contributed by atoms with van der Waals surface area (Å²) in [5, 5.41) is 0. The van der Waals surface area contributed by atoms with Gasteiger partial charge in [-0.25, -0.2) is 4.99 Å². The normalized spacial score (nSPS) is 9.45. The highest BCUT2D eigenvalue weighted by molar-refractivity contribution is 5.60. The van der Waals surface area contributed by atoms with Crippen molar-refractivity contribution >= 4 is 24.2 Å². The van der Waals surface area contributed by atoms with E-state index < -0.39 is 5.56 Å². The van der Waals surface area contributed by atoms with Crippen molar-refractivity contribution in [2.24, 2.45) is 4.99 Å². The first-order chi connectivity index (χ1) is 5.15. The zero-order valence-electron chi connectivity index (χ0n) is 5.66. The minimum Gasteiger partial charge on any atom is -0.391 e. The highest BCUT2D eigenvalue weighted by Crippen LogP contribution is 2.12. The smallest absolute Gasteiger partial charge is 0.277 e. The van der Waals surface area contributed by atoms with E-state index in [1.807, 2.05) is 0 Å². The zero-order valence-corrected chi connectivity index (χ0v) is 5.66. The molecule has 6 nitrogen and oxygen atoms in total. The second-order valence-electron chi connectivity index (χ2n) is 1.85. The van der Waals surface area contributed by atoms with Crippen LogP contribution in [-0.2, 0) is 0 Å². The second kappa shape index (κ2) is 2.41. The maximum Gasteiger partial charge on any atom is 0.277 e. The Hall–Kier alpha value is -1.85. The van der Waals surface area contributed by atoms with Gasteiger partial charge in [-0.2, -0.15) is 4.98 Å². The van der Waals surface area contributed by atoms with Gasteiger partial charge in [0.1, 0.15) is 5.69 Å². The van der Waals surface area contributed by atoms with Gasteiger partial charge in [-0.3, -0.25) is 9.78 Å². The third kappa shape index (κ3) is 1.18. The van der Waals surface area contributed by atoms with Gasteiger partial charge in [-0.05, 0) is 6.72 Å². The van der Waals surface area contributed by atoms with Crippen molar-refractivity contribution in [1.82, 2.24) is 9.97 Å². The highest BCUT2D eigenvalue weighted by Gasteiger charge is 2.03. The van der Waals surface area contributed by atoms with E-state index in [0.717, 1.165) is 0 Å². The lowest BCUT2D eigenvalue weighted by Gasteiger charge is -1.97. The van der Waals surface area contributed by atoms with Crippen molar-refractivity contribution in [2.45, 2.75) is 0 Å². The molecule has 11 heavy (non-hydrogen) atoms. The molecule has 0 amide bonds. The van der Waals surface area contributed by atoms with Gasteiger partial charge in [0.2, 0.25) is 5.95 Å². The average molecular weight is 153 g/mol. The molecule has 58 valence electrons. The molecule has 0 aliphatic heterocycles. The number of aromatic amines is 1. The van der Waals surface area contributed by atoms with Gasteiger partial charge < -0.3 is 11.5 Å². The molecule has 1 rings (SSSR count). The highest BCUT2D eigenvalue weighted by atomic mass is 16.1. The monoisotopic (exact) mass is 153 g/mol. The van der Waals surface area contributed by atoms with E-state index in [0.29, 0.717) is 0 Å². The number of rotatable bonds is 1. The lowest BCUT2D eigenvalue weighted by molar-refractivity contribution is 1.13. The van der Waals surface area contributed by atoms with E-state index in [4.69, 9.17) is 11.5 Å². The summed E-state index contributed by atoms with van der Waals surface area (Å²) in [5.74, 6) is 0.0397. The molecule has 0 aliphatic rings. The van der Waals surface area contributed by atoms with Crippen molar-refractivity contribution in [1.29, 1.82) is 0 Å². The van der Waals surface area contributed by atoms with E-state index in [9.17, 15) is 4.79 Å². The number of nitrogens with one attached hydrogen (secondary N) is 1. The van der Waals surface area contributed by atoms with E-state index in [1.165, 1.54) is 0 Å². The van der Waals surface area contributed by atoms with Gasteiger partial charge in [-0.15, -0.1) is 0 Å². The fourth-order valence-electron chi connectivity index (χ4n) is 0.608. The summed E-state index contributed by atoms with van der Waals surface area (Å²) < 4.78 is 0. The minimum absolute atomic E-state index is 0.0217. The molecule has 0 bridgehead atoms. The van der Waals surface area contributed by atoms with Crippen LogP contribution in [-0.4, -0.2) is 16.7 Å². The largest absolute Gasteiger partial charge is 0.391 e. The predicted octanol–water partition coefficient (Wildman–Crippen LogP) is -0.734. The summed E-state index contributed by atoms with van der Waals surface area (Å²) in [5.41, 5.74) is 9.89. The van der Waals surface area contributed by atoms with Crippen LogP contribution in [0.2, 0.25) is 0 Å². The molecule has 1 aromatic rings. The lowest BCUT2D eigenvalue weighted by atomic mass is 10.5. The number of hydrogen-bond donors (Lipinski definition) is 3. The lowest BCUT2D eigenvalue weighted by Crippen LogP contribution is -2.15. The Balaban J connectivity index is 3.48. The van der Waals surface area contributed by atoms with Crippen LogP contribution < -0.4 is 17.0 Å². The van der Waals surface area contributed by atoms with Crippen LogP contribution in [0.4, 0.5) is 17.5 Å². The number of aliphatic imine (C=N–C) groups is 1. The van der Waals surface area contributed by atoms with Crippen molar-refractivity contribution < 1.29 is 0 Å². The number of H-pyrrole nitrogens is 1. The van der Waals surface area contributed by atoms with Gasteiger partial charge in [0.15, 0.2) is 5.82 Å². The van der Waals surface area contributed by atoms with Gasteiger partial charge in [0.05, 0.1) is 0 Å². The zero-order chi connectivity index (χ0) is 8.43. The standard InChI is InChI=1S/C5H7N5O/c1-8-3-2(6)4(11)10-5(7)9-3/h1,6H2,(H3,7,9,10,11). The minimum atomic E-state index is -0.500. The maximum atomic E-state index is 10.8. The van der Waals surface area contributed by atoms with Crippen molar-refractivity contribution in [3.05, 3.63) is 10.4 Å². The first-order valence-electron chi connectivity index (χ1n) is 2.77. The molecule has 1 heterocycles. The summed E-state index contributed by atoms with van der Waals surface area (Å²) in [7, 11) is 0. The topological polar surface area (TPSA) is 110 Å². The third-order valence-electron chi connectivity index (χ3n) is 1.10. The van der Waals surface area contributed by atoms with Gasteiger partial charge >= 0.3 is 0 Å². The summed E-state index contributed by atoms with van der Waals surface area (Å²) in [6.07, 6.45) is 0. The Kier molecular flexibility index (Phi) is 1.59. The molecule has 0 aliphatic carbocycles. The summed E-state index contributed by atoms with van der Waals surface area (Å²) in [6, 6.07) is 0. The summed E-state index contributed by atoms with van der Waals surface area (Å²) >= 11 is 0. The molecule has 0 saturated carbocycles. The Morgan fingerprint density at radius 2 is 2.18 bits per heavy atom. The fraction of sp³-hybridized carbons (Fsp3) is 0. The molecule has 0 unspecified atom stereocenters. The number of nitrogen functional groups attached to an aromatic ring is 2. The van der Waals surface area contributed by atoms with E-state index in [1.54, 1.807) is 0 Å². The van der Waals surface area contributed by atoms with Crippen LogP contribution >= 0.6 is 0 Å². The van der Waals surface area contributed by atoms with Crippen LogP contribution in [0.1, 0.15) is 0 Å². The fourth-order valence-corrected chi connectivity index (χ4v) is 0.608. The number of nitrogens with two attached hydrogens (primary N) is 2. The van der Waals surface area contributed by atoms with Crippen molar-refractivity contribution in [3.63, 3.8) is 0 Å². The predicted molar refractivity (Wildman–Crippen MR) is 42.9 cm³/mol. The van der Waals surface area contributed by atoms with Crippen LogP contribution in [0.5, 0.6) is 0 Å². The van der Waals surface area contributed by atoms with Crippen LogP contribution in [0.15, 0.2) is 9.79 Å². The molecule has 0 atom stereocenters. The molecular weight excluding hydrogens is 146 g/mol. The van der Waals surface area contributed by atoms with Crippen LogP contribution in [0, 0.1) is 0 Å². The first kappa shape index (κ1) is 7.26. The summed E-state index contributed by atoms with van der Waals surface area (Å²) in [4.78, 5) is 20.1.